The number of rotatable bonds is 6. The van der Waals surface area contributed by atoms with Crippen molar-refractivity contribution in [2.45, 2.75) is 31.3 Å². The Morgan fingerprint density at radius 1 is 1.47 bits per heavy atom. The Labute approximate surface area is 102 Å². The molecule has 0 saturated heterocycles. The van der Waals surface area contributed by atoms with E-state index in [1.54, 1.807) is 6.20 Å². The molecule has 1 atom stereocenters. The van der Waals surface area contributed by atoms with Crippen LogP contribution in [-0.4, -0.2) is 40.7 Å². The van der Waals surface area contributed by atoms with Gasteiger partial charge in [-0.15, -0.1) is 0 Å². The third-order valence-electron chi connectivity index (χ3n) is 3.55. The average Bonchev–Trinajstić information content (AvgIpc) is 2.29. The van der Waals surface area contributed by atoms with Crippen LogP contribution in [0.2, 0.25) is 0 Å². The van der Waals surface area contributed by atoms with Crippen molar-refractivity contribution < 1.29 is 5.11 Å². The summed E-state index contributed by atoms with van der Waals surface area (Å²) in [6, 6.07) is 6.62. The molecule has 0 amide bonds. The summed E-state index contributed by atoms with van der Waals surface area (Å²) >= 11 is 0. The predicted octanol–water partition coefficient (Wildman–Crippen LogP) is 0.928. The molecular formula is C13H21N3O. The van der Waals surface area contributed by atoms with Crippen LogP contribution in [0.4, 0.5) is 0 Å². The summed E-state index contributed by atoms with van der Waals surface area (Å²) < 4.78 is 0. The molecule has 1 heterocycles. The molecule has 4 heteroatoms. The molecule has 1 aromatic rings. The third-order valence-corrected chi connectivity index (χ3v) is 3.55. The second-order valence-electron chi connectivity index (χ2n) is 4.55. The van der Waals surface area contributed by atoms with Crippen LogP contribution < -0.4 is 5.73 Å². The fourth-order valence-corrected chi connectivity index (χ4v) is 2.43. The van der Waals surface area contributed by atoms with Crippen molar-refractivity contribution in [3.8, 4) is 0 Å². The summed E-state index contributed by atoms with van der Waals surface area (Å²) in [6.07, 6.45) is 5.51. The molecule has 3 N–H and O–H groups in total. The van der Waals surface area contributed by atoms with Gasteiger partial charge in [-0.3, -0.25) is 9.88 Å². The molecule has 0 aliphatic heterocycles. The highest BCUT2D eigenvalue weighted by Crippen LogP contribution is 2.30. The number of pyridine rings is 1. The zero-order valence-electron chi connectivity index (χ0n) is 10.1. The van der Waals surface area contributed by atoms with Gasteiger partial charge in [-0.25, -0.2) is 0 Å². The van der Waals surface area contributed by atoms with Crippen LogP contribution in [0, 0.1) is 0 Å². The van der Waals surface area contributed by atoms with Crippen molar-refractivity contribution in [2.75, 3.05) is 19.7 Å². The van der Waals surface area contributed by atoms with Crippen molar-refractivity contribution >= 4 is 0 Å². The van der Waals surface area contributed by atoms with E-state index in [1.807, 2.05) is 18.2 Å². The van der Waals surface area contributed by atoms with Gasteiger partial charge >= 0.3 is 0 Å². The summed E-state index contributed by atoms with van der Waals surface area (Å²) in [5, 5.41) is 9.19. The van der Waals surface area contributed by atoms with Crippen molar-refractivity contribution in [3.05, 3.63) is 30.1 Å². The molecule has 1 aliphatic rings. The SMILES string of the molecule is NCC(c1ccccn1)N(CCO)C1CCC1. The van der Waals surface area contributed by atoms with Gasteiger partial charge in [0.2, 0.25) is 0 Å². The Bertz CT molecular complexity index is 327. The van der Waals surface area contributed by atoms with Crippen molar-refractivity contribution in [3.63, 3.8) is 0 Å². The molecule has 1 saturated carbocycles. The minimum Gasteiger partial charge on any atom is -0.395 e. The van der Waals surface area contributed by atoms with Crippen molar-refractivity contribution in [1.82, 2.24) is 9.88 Å². The fourth-order valence-electron chi connectivity index (χ4n) is 2.43. The van der Waals surface area contributed by atoms with Gasteiger partial charge in [0, 0.05) is 25.3 Å². The number of aliphatic hydroxyl groups excluding tert-OH is 1. The highest BCUT2D eigenvalue weighted by atomic mass is 16.3. The van der Waals surface area contributed by atoms with E-state index in [0.717, 1.165) is 5.69 Å². The van der Waals surface area contributed by atoms with Crippen LogP contribution in [0.1, 0.15) is 31.0 Å². The van der Waals surface area contributed by atoms with E-state index in [2.05, 4.69) is 9.88 Å². The normalized spacial score (nSPS) is 18.1. The monoisotopic (exact) mass is 235 g/mol. The summed E-state index contributed by atoms with van der Waals surface area (Å²) in [7, 11) is 0. The zero-order valence-corrected chi connectivity index (χ0v) is 10.1. The average molecular weight is 235 g/mol. The summed E-state index contributed by atoms with van der Waals surface area (Å²) in [6.45, 7) is 1.41. The predicted molar refractivity (Wildman–Crippen MR) is 67.5 cm³/mol. The molecule has 1 aromatic heterocycles. The molecule has 1 aliphatic carbocycles. The summed E-state index contributed by atoms with van der Waals surface area (Å²) in [5.41, 5.74) is 6.90. The first-order valence-corrected chi connectivity index (χ1v) is 6.34. The first-order valence-electron chi connectivity index (χ1n) is 6.34. The van der Waals surface area contributed by atoms with E-state index in [9.17, 15) is 5.11 Å². The maximum Gasteiger partial charge on any atom is 0.0647 e. The maximum atomic E-state index is 9.19. The standard InChI is InChI=1S/C13H21N3O/c14-10-13(12-6-1-2-7-15-12)16(8-9-17)11-4-3-5-11/h1-2,6-7,11,13,17H,3-5,8-10,14H2. The Balaban J connectivity index is 2.13. The highest BCUT2D eigenvalue weighted by Gasteiger charge is 2.30. The van der Waals surface area contributed by atoms with E-state index < -0.39 is 0 Å². The molecule has 94 valence electrons. The van der Waals surface area contributed by atoms with E-state index in [-0.39, 0.29) is 12.6 Å². The Hall–Kier alpha value is -0.970. The van der Waals surface area contributed by atoms with E-state index >= 15 is 0 Å². The van der Waals surface area contributed by atoms with Crippen molar-refractivity contribution in [2.24, 2.45) is 5.73 Å². The molecule has 0 spiro atoms. The minimum absolute atomic E-state index is 0.133. The van der Waals surface area contributed by atoms with Gasteiger partial charge in [0.1, 0.15) is 0 Å². The molecule has 0 aromatic carbocycles. The van der Waals surface area contributed by atoms with Gasteiger partial charge < -0.3 is 10.8 Å². The molecule has 0 bridgehead atoms. The van der Waals surface area contributed by atoms with Gasteiger partial charge in [-0.05, 0) is 25.0 Å². The molecule has 17 heavy (non-hydrogen) atoms. The van der Waals surface area contributed by atoms with Crippen LogP contribution in [0.3, 0.4) is 0 Å². The summed E-state index contributed by atoms with van der Waals surface area (Å²) in [5.74, 6) is 0. The highest BCUT2D eigenvalue weighted by molar-refractivity contribution is 5.10. The van der Waals surface area contributed by atoms with Gasteiger partial charge in [0.05, 0.1) is 18.3 Å². The quantitative estimate of drug-likeness (QED) is 0.770. The first kappa shape index (κ1) is 12.5. The molecule has 1 unspecified atom stereocenters. The molecule has 1 fully saturated rings. The fraction of sp³-hybridized carbons (Fsp3) is 0.615. The van der Waals surface area contributed by atoms with E-state index in [4.69, 9.17) is 5.73 Å². The first-order chi connectivity index (χ1) is 8.36. The lowest BCUT2D eigenvalue weighted by molar-refractivity contribution is 0.0607. The number of aromatic nitrogens is 1. The molecule has 4 nitrogen and oxygen atoms in total. The molecule has 0 radical (unpaired) electrons. The van der Waals surface area contributed by atoms with Gasteiger partial charge in [-0.2, -0.15) is 0 Å². The largest absolute Gasteiger partial charge is 0.395 e. The smallest absolute Gasteiger partial charge is 0.0647 e. The Morgan fingerprint density at radius 2 is 2.29 bits per heavy atom. The topological polar surface area (TPSA) is 62.4 Å². The Kier molecular flexibility index (Phi) is 4.48. The minimum atomic E-state index is 0.133. The second kappa shape index (κ2) is 6.10. The number of nitrogens with zero attached hydrogens (tertiary/aromatic N) is 2. The van der Waals surface area contributed by atoms with Crippen molar-refractivity contribution in [1.29, 1.82) is 0 Å². The van der Waals surface area contributed by atoms with Gasteiger partial charge in [0.15, 0.2) is 0 Å². The zero-order chi connectivity index (χ0) is 12.1. The van der Waals surface area contributed by atoms with Crippen LogP contribution in [-0.2, 0) is 0 Å². The van der Waals surface area contributed by atoms with Crippen LogP contribution in [0.5, 0.6) is 0 Å². The number of hydrogen-bond donors (Lipinski definition) is 2. The summed E-state index contributed by atoms with van der Waals surface area (Å²) in [4.78, 5) is 6.70. The van der Waals surface area contributed by atoms with Crippen LogP contribution >= 0.6 is 0 Å². The molecular weight excluding hydrogens is 214 g/mol. The maximum absolute atomic E-state index is 9.19. The van der Waals surface area contributed by atoms with Gasteiger partial charge in [-0.1, -0.05) is 12.5 Å². The van der Waals surface area contributed by atoms with Gasteiger partial charge in [0.25, 0.3) is 0 Å². The third kappa shape index (κ3) is 2.83. The number of aliphatic hydroxyl groups is 1. The Morgan fingerprint density at radius 3 is 2.76 bits per heavy atom. The second-order valence-corrected chi connectivity index (χ2v) is 4.55. The number of hydrogen-bond acceptors (Lipinski definition) is 4. The van der Waals surface area contributed by atoms with E-state index in [0.29, 0.717) is 19.1 Å². The lowest BCUT2D eigenvalue weighted by atomic mass is 9.89. The number of nitrogens with two attached hydrogens (primary N) is 1. The van der Waals surface area contributed by atoms with Crippen LogP contribution in [0.15, 0.2) is 24.4 Å². The molecule has 2 rings (SSSR count). The lowest BCUT2D eigenvalue weighted by Gasteiger charge is -2.41. The lowest BCUT2D eigenvalue weighted by Crippen LogP contribution is -2.46. The van der Waals surface area contributed by atoms with E-state index in [1.165, 1.54) is 19.3 Å². The van der Waals surface area contributed by atoms with Crippen LogP contribution in [0.25, 0.3) is 0 Å².